The van der Waals surface area contributed by atoms with Crippen LogP contribution in [0.25, 0.3) is 0 Å². The minimum Gasteiger partial charge on any atom is -0.494 e. The molecule has 0 amide bonds. The van der Waals surface area contributed by atoms with Crippen molar-refractivity contribution in [2.45, 2.75) is 6.17 Å². The fourth-order valence-electron chi connectivity index (χ4n) is 0.442. The molecular formula is C5H5FO2. The Bertz CT molecular complexity index is 130. The molecule has 1 heterocycles. The number of halogens is 1. The average molecular weight is 116 g/mol. The number of Topliss-reactive ketones (excluding diaryl/α,β-unsaturated/α-hetero) is 1. The maximum atomic E-state index is 12.1. The molecule has 0 radical (unpaired) electrons. The SMILES string of the molecule is O=C1COC=CC1F. The van der Waals surface area contributed by atoms with E-state index in [0.717, 1.165) is 6.08 Å². The zero-order valence-corrected chi connectivity index (χ0v) is 4.13. The summed E-state index contributed by atoms with van der Waals surface area (Å²) >= 11 is 0. The molecule has 2 nitrogen and oxygen atoms in total. The monoisotopic (exact) mass is 116 g/mol. The van der Waals surface area contributed by atoms with Crippen molar-refractivity contribution in [1.29, 1.82) is 0 Å². The molecule has 1 unspecified atom stereocenters. The van der Waals surface area contributed by atoms with Gasteiger partial charge >= 0.3 is 0 Å². The molecule has 0 aromatic heterocycles. The maximum absolute atomic E-state index is 12.1. The molecule has 1 rings (SSSR count). The Morgan fingerprint density at radius 1 is 1.88 bits per heavy atom. The molecule has 0 spiro atoms. The number of hydrogen-bond donors (Lipinski definition) is 0. The van der Waals surface area contributed by atoms with Gasteiger partial charge in [-0.3, -0.25) is 4.79 Å². The number of ketones is 1. The third-order valence-electron chi connectivity index (χ3n) is 0.877. The van der Waals surface area contributed by atoms with E-state index in [4.69, 9.17) is 0 Å². The van der Waals surface area contributed by atoms with Gasteiger partial charge in [0.05, 0.1) is 6.26 Å². The van der Waals surface area contributed by atoms with E-state index in [1.807, 2.05) is 0 Å². The third-order valence-corrected chi connectivity index (χ3v) is 0.877. The largest absolute Gasteiger partial charge is 0.494 e. The first-order valence-corrected chi connectivity index (χ1v) is 2.26. The van der Waals surface area contributed by atoms with Crippen LogP contribution >= 0.6 is 0 Å². The van der Waals surface area contributed by atoms with E-state index in [0.29, 0.717) is 0 Å². The normalized spacial score (nSPS) is 27.6. The third kappa shape index (κ3) is 0.857. The Labute approximate surface area is 45.9 Å². The van der Waals surface area contributed by atoms with Crippen LogP contribution in [0.3, 0.4) is 0 Å². The summed E-state index contributed by atoms with van der Waals surface area (Å²) in [7, 11) is 0. The molecule has 0 fully saturated rings. The molecule has 0 aromatic rings. The van der Waals surface area contributed by atoms with Gasteiger partial charge in [-0.15, -0.1) is 0 Å². The molecular weight excluding hydrogens is 111 g/mol. The van der Waals surface area contributed by atoms with Gasteiger partial charge in [0, 0.05) is 0 Å². The molecule has 1 aliphatic heterocycles. The molecule has 0 saturated carbocycles. The smallest absolute Gasteiger partial charge is 0.208 e. The number of hydrogen-bond acceptors (Lipinski definition) is 2. The highest BCUT2D eigenvalue weighted by Crippen LogP contribution is 2.01. The Kier molecular flexibility index (Phi) is 1.28. The standard InChI is InChI=1S/C5H5FO2/c6-4-1-2-8-3-5(4)7/h1-2,4H,3H2. The number of carbonyl (C=O) groups excluding carboxylic acids is 1. The quantitative estimate of drug-likeness (QED) is 0.459. The van der Waals surface area contributed by atoms with Gasteiger partial charge in [0.15, 0.2) is 6.17 Å². The minimum absolute atomic E-state index is 0.127. The molecule has 1 aliphatic rings. The van der Waals surface area contributed by atoms with E-state index in [2.05, 4.69) is 4.74 Å². The summed E-state index contributed by atoms with van der Waals surface area (Å²) in [5.74, 6) is -0.507. The summed E-state index contributed by atoms with van der Waals surface area (Å²) in [4.78, 5) is 10.2. The molecule has 44 valence electrons. The van der Waals surface area contributed by atoms with E-state index in [9.17, 15) is 9.18 Å². The first-order valence-electron chi connectivity index (χ1n) is 2.26. The number of rotatable bonds is 0. The summed E-state index contributed by atoms with van der Waals surface area (Å²) in [5, 5.41) is 0. The number of ether oxygens (including phenoxy) is 1. The van der Waals surface area contributed by atoms with Crippen LogP contribution in [0.1, 0.15) is 0 Å². The fraction of sp³-hybridized carbons (Fsp3) is 0.400. The van der Waals surface area contributed by atoms with E-state index in [1.54, 1.807) is 0 Å². The lowest BCUT2D eigenvalue weighted by Gasteiger charge is -2.06. The molecule has 0 bridgehead atoms. The second-order valence-electron chi connectivity index (χ2n) is 1.51. The molecule has 0 N–H and O–H groups in total. The predicted molar refractivity (Wildman–Crippen MR) is 25.0 cm³/mol. The van der Waals surface area contributed by atoms with Crippen LogP contribution in [0.2, 0.25) is 0 Å². The summed E-state index contributed by atoms with van der Waals surface area (Å²) in [6.07, 6.45) is 0.849. The Morgan fingerprint density at radius 2 is 2.62 bits per heavy atom. The molecule has 1 atom stereocenters. The van der Waals surface area contributed by atoms with Crippen molar-refractivity contribution in [3.05, 3.63) is 12.3 Å². The van der Waals surface area contributed by atoms with E-state index < -0.39 is 12.0 Å². The predicted octanol–water partition coefficient (Wildman–Crippen LogP) is 0.438. The van der Waals surface area contributed by atoms with Gasteiger partial charge in [0.2, 0.25) is 5.78 Å². The van der Waals surface area contributed by atoms with Crippen LogP contribution < -0.4 is 0 Å². The van der Waals surface area contributed by atoms with Crippen LogP contribution in [-0.4, -0.2) is 18.6 Å². The maximum Gasteiger partial charge on any atom is 0.208 e. The summed E-state index contributed by atoms with van der Waals surface area (Å²) in [6.45, 7) is -0.127. The number of allylic oxidation sites excluding steroid dienone is 1. The Balaban J connectivity index is 2.60. The molecule has 0 aliphatic carbocycles. The van der Waals surface area contributed by atoms with Crippen LogP contribution in [-0.2, 0) is 9.53 Å². The van der Waals surface area contributed by atoms with Crippen molar-refractivity contribution in [1.82, 2.24) is 0 Å². The van der Waals surface area contributed by atoms with Gasteiger partial charge in [-0.05, 0) is 6.08 Å². The first-order chi connectivity index (χ1) is 3.80. The Hall–Kier alpha value is -0.860. The lowest BCUT2D eigenvalue weighted by atomic mass is 10.2. The molecule has 0 saturated heterocycles. The van der Waals surface area contributed by atoms with E-state index in [1.165, 1.54) is 6.26 Å². The van der Waals surface area contributed by atoms with Crippen molar-refractivity contribution in [3.8, 4) is 0 Å². The van der Waals surface area contributed by atoms with Gasteiger partial charge in [0.25, 0.3) is 0 Å². The van der Waals surface area contributed by atoms with Gasteiger partial charge in [-0.2, -0.15) is 0 Å². The zero-order valence-electron chi connectivity index (χ0n) is 4.13. The summed E-state index contributed by atoms with van der Waals surface area (Å²) in [6, 6.07) is 0. The molecule has 0 aromatic carbocycles. The highest BCUT2D eigenvalue weighted by Gasteiger charge is 2.16. The number of carbonyl (C=O) groups is 1. The highest BCUT2D eigenvalue weighted by atomic mass is 19.1. The lowest BCUT2D eigenvalue weighted by Crippen LogP contribution is -2.21. The summed E-state index contributed by atoms with van der Waals surface area (Å²) in [5.41, 5.74) is 0. The first kappa shape index (κ1) is 5.28. The lowest BCUT2D eigenvalue weighted by molar-refractivity contribution is -0.126. The Morgan fingerprint density at radius 3 is 3.00 bits per heavy atom. The van der Waals surface area contributed by atoms with Crippen molar-refractivity contribution in [3.63, 3.8) is 0 Å². The minimum atomic E-state index is -1.44. The fourth-order valence-corrected chi connectivity index (χ4v) is 0.442. The highest BCUT2D eigenvalue weighted by molar-refractivity contribution is 5.86. The van der Waals surface area contributed by atoms with Gasteiger partial charge in [-0.25, -0.2) is 4.39 Å². The zero-order chi connectivity index (χ0) is 5.98. The van der Waals surface area contributed by atoms with E-state index >= 15 is 0 Å². The van der Waals surface area contributed by atoms with E-state index in [-0.39, 0.29) is 6.61 Å². The molecule has 8 heavy (non-hydrogen) atoms. The van der Waals surface area contributed by atoms with Crippen LogP contribution in [0, 0.1) is 0 Å². The number of alkyl halides is 1. The average Bonchev–Trinajstić information content (AvgIpc) is 1.77. The topological polar surface area (TPSA) is 26.3 Å². The van der Waals surface area contributed by atoms with Gasteiger partial charge in [-0.1, -0.05) is 0 Å². The van der Waals surface area contributed by atoms with Crippen LogP contribution in [0.5, 0.6) is 0 Å². The van der Waals surface area contributed by atoms with Gasteiger partial charge < -0.3 is 4.74 Å². The van der Waals surface area contributed by atoms with Crippen molar-refractivity contribution >= 4 is 5.78 Å². The van der Waals surface area contributed by atoms with Gasteiger partial charge in [0.1, 0.15) is 6.61 Å². The van der Waals surface area contributed by atoms with Crippen molar-refractivity contribution in [2.24, 2.45) is 0 Å². The molecule has 3 heteroatoms. The van der Waals surface area contributed by atoms with Crippen LogP contribution in [0.15, 0.2) is 12.3 Å². The summed E-state index contributed by atoms with van der Waals surface area (Å²) < 4.78 is 16.5. The second kappa shape index (κ2) is 1.94. The van der Waals surface area contributed by atoms with Crippen molar-refractivity contribution in [2.75, 3.05) is 6.61 Å². The van der Waals surface area contributed by atoms with Crippen LogP contribution in [0.4, 0.5) is 4.39 Å². The van der Waals surface area contributed by atoms with Crippen molar-refractivity contribution < 1.29 is 13.9 Å². The second-order valence-corrected chi connectivity index (χ2v) is 1.51.